The monoisotopic (exact) mass is 322 g/mol. The molecule has 5 nitrogen and oxygen atoms in total. The second kappa shape index (κ2) is 7.21. The highest BCUT2D eigenvalue weighted by Gasteiger charge is 2.58. The van der Waals surface area contributed by atoms with Crippen molar-refractivity contribution in [1.82, 2.24) is 0 Å². The first kappa shape index (κ1) is 19.3. The molecule has 0 spiro atoms. The Balaban J connectivity index is 3.28. The SMILES string of the molecule is CC(=O)C1=C(O)C(O)(C(=O)CC=C(C)C)C(CCC(C)C)C1=O. The molecule has 2 N–H and O–H groups in total. The predicted octanol–water partition coefficient (Wildman–Crippen LogP) is 2.68. The lowest BCUT2D eigenvalue weighted by atomic mass is 9.79. The molecule has 0 saturated heterocycles. The quantitative estimate of drug-likeness (QED) is 0.555. The van der Waals surface area contributed by atoms with Crippen LogP contribution in [0.25, 0.3) is 0 Å². The third kappa shape index (κ3) is 3.78. The van der Waals surface area contributed by atoms with Gasteiger partial charge in [0.1, 0.15) is 11.3 Å². The summed E-state index contributed by atoms with van der Waals surface area (Å²) in [5.41, 5.74) is -1.84. The van der Waals surface area contributed by atoms with Gasteiger partial charge in [0.2, 0.25) is 0 Å². The second-order valence-corrected chi connectivity index (χ2v) is 6.84. The highest BCUT2D eigenvalue weighted by molar-refractivity contribution is 6.25. The van der Waals surface area contributed by atoms with E-state index in [1.165, 1.54) is 0 Å². The number of hydrogen-bond acceptors (Lipinski definition) is 5. The molecule has 0 heterocycles. The summed E-state index contributed by atoms with van der Waals surface area (Å²) >= 11 is 0. The summed E-state index contributed by atoms with van der Waals surface area (Å²) in [5, 5.41) is 21.1. The Morgan fingerprint density at radius 1 is 1.26 bits per heavy atom. The maximum absolute atomic E-state index is 12.5. The molecular formula is C18H26O5. The molecule has 2 atom stereocenters. The Bertz CT molecular complexity index is 578. The first-order valence-electron chi connectivity index (χ1n) is 7.91. The molecule has 0 saturated carbocycles. The van der Waals surface area contributed by atoms with Gasteiger partial charge in [0.15, 0.2) is 23.0 Å². The maximum atomic E-state index is 12.5. The molecule has 0 aliphatic heterocycles. The van der Waals surface area contributed by atoms with Gasteiger partial charge >= 0.3 is 0 Å². The fourth-order valence-corrected chi connectivity index (χ4v) is 2.80. The highest BCUT2D eigenvalue weighted by atomic mass is 16.3. The first-order valence-corrected chi connectivity index (χ1v) is 7.91. The Morgan fingerprint density at radius 2 is 1.83 bits per heavy atom. The van der Waals surface area contributed by atoms with Crippen molar-refractivity contribution in [3.63, 3.8) is 0 Å². The lowest BCUT2D eigenvalue weighted by Gasteiger charge is -2.28. The molecule has 1 aliphatic carbocycles. The van der Waals surface area contributed by atoms with E-state index >= 15 is 0 Å². The summed E-state index contributed by atoms with van der Waals surface area (Å²) in [6.45, 7) is 8.69. The third-order valence-electron chi connectivity index (χ3n) is 4.17. The molecule has 0 amide bonds. The molecule has 0 radical (unpaired) electrons. The van der Waals surface area contributed by atoms with Gasteiger partial charge < -0.3 is 10.2 Å². The Labute approximate surface area is 137 Å². The molecule has 1 rings (SSSR count). The fraction of sp³-hybridized carbons (Fsp3) is 0.611. The van der Waals surface area contributed by atoms with Crippen LogP contribution in [0, 0.1) is 11.8 Å². The Hall–Kier alpha value is -1.75. The van der Waals surface area contributed by atoms with E-state index in [2.05, 4.69) is 0 Å². The van der Waals surface area contributed by atoms with E-state index < -0.39 is 40.2 Å². The van der Waals surface area contributed by atoms with E-state index in [9.17, 15) is 24.6 Å². The van der Waals surface area contributed by atoms with Crippen molar-refractivity contribution in [3.8, 4) is 0 Å². The molecule has 1 aliphatic rings. The van der Waals surface area contributed by atoms with Gasteiger partial charge in [-0.15, -0.1) is 0 Å². The zero-order chi connectivity index (χ0) is 17.9. The van der Waals surface area contributed by atoms with Crippen molar-refractivity contribution in [2.45, 2.75) is 59.5 Å². The van der Waals surface area contributed by atoms with Gasteiger partial charge in [-0.3, -0.25) is 14.4 Å². The lowest BCUT2D eigenvalue weighted by molar-refractivity contribution is -0.144. The van der Waals surface area contributed by atoms with Gasteiger partial charge in [-0.2, -0.15) is 0 Å². The molecule has 5 heteroatoms. The van der Waals surface area contributed by atoms with Crippen LogP contribution in [0.1, 0.15) is 53.9 Å². The standard InChI is InChI=1S/C18H26O5/c1-10(2)6-8-13-16(21)15(12(5)19)17(22)18(13,23)14(20)9-7-11(3)4/h7,10,13,22-23H,6,8-9H2,1-5H3. The van der Waals surface area contributed by atoms with Crippen LogP contribution in [0.3, 0.4) is 0 Å². The van der Waals surface area contributed by atoms with E-state index in [4.69, 9.17) is 0 Å². The lowest BCUT2D eigenvalue weighted by Crippen LogP contribution is -2.46. The molecule has 0 aromatic carbocycles. The molecule has 2 unspecified atom stereocenters. The molecule has 0 bridgehead atoms. The molecule has 23 heavy (non-hydrogen) atoms. The number of hydrogen-bond donors (Lipinski definition) is 2. The fourth-order valence-electron chi connectivity index (χ4n) is 2.80. The van der Waals surface area contributed by atoms with Gasteiger partial charge in [-0.25, -0.2) is 0 Å². The average Bonchev–Trinajstić information content (AvgIpc) is 2.62. The number of aliphatic hydroxyl groups is 2. The number of aliphatic hydroxyl groups excluding tert-OH is 1. The minimum atomic E-state index is -2.29. The summed E-state index contributed by atoms with van der Waals surface area (Å²) in [6.07, 6.45) is 2.38. The third-order valence-corrected chi connectivity index (χ3v) is 4.17. The van der Waals surface area contributed by atoms with E-state index in [1.807, 2.05) is 27.7 Å². The van der Waals surface area contributed by atoms with Crippen molar-refractivity contribution in [2.24, 2.45) is 11.8 Å². The Morgan fingerprint density at radius 3 is 2.26 bits per heavy atom. The maximum Gasteiger partial charge on any atom is 0.191 e. The molecule has 128 valence electrons. The summed E-state index contributed by atoms with van der Waals surface area (Å²) in [7, 11) is 0. The predicted molar refractivity (Wildman–Crippen MR) is 86.9 cm³/mol. The van der Waals surface area contributed by atoms with Crippen LogP contribution >= 0.6 is 0 Å². The van der Waals surface area contributed by atoms with Gasteiger partial charge in [-0.05, 0) is 33.1 Å². The van der Waals surface area contributed by atoms with E-state index in [0.717, 1.165) is 12.5 Å². The van der Waals surface area contributed by atoms with Gasteiger partial charge in [0.25, 0.3) is 0 Å². The van der Waals surface area contributed by atoms with Crippen molar-refractivity contribution in [2.75, 3.05) is 0 Å². The van der Waals surface area contributed by atoms with Crippen molar-refractivity contribution >= 4 is 17.3 Å². The molecule has 0 aromatic rings. The Kier molecular flexibility index (Phi) is 6.05. The van der Waals surface area contributed by atoms with Gasteiger partial charge in [-0.1, -0.05) is 31.9 Å². The molecular weight excluding hydrogens is 296 g/mol. The summed E-state index contributed by atoms with van der Waals surface area (Å²) in [4.78, 5) is 36.6. The number of carbonyl (C=O) groups is 3. The number of ketones is 3. The van der Waals surface area contributed by atoms with Crippen LogP contribution in [0.4, 0.5) is 0 Å². The van der Waals surface area contributed by atoms with E-state index in [-0.39, 0.29) is 18.8 Å². The normalized spacial score (nSPS) is 24.3. The van der Waals surface area contributed by atoms with Gasteiger partial charge in [0, 0.05) is 6.42 Å². The minimum Gasteiger partial charge on any atom is -0.508 e. The topological polar surface area (TPSA) is 91.7 Å². The first-order chi connectivity index (χ1) is 10.5. The number of Topliss-reactive ketones (excluding diaryl/α,β-unsaturated/α-hetero) is 3. The van der Waals surface area contributed by atoms with Crippen molar-refractivity contribution in [1.29, 1.82) is 0 Å². The number of rotatable bonds is 7. The second-order valence-electron chi connectivity index (χ2n) is 6.84. The van der Waals surface area contributed by atoms with E-state index in [0.29, 0.717) is 6.42 Å². The van der Waals surface area contributed by atoms with Crippen LogP contribution < -0.4 is 0 Å². The van der Waals surface area contributed by atoms with Crippen LogP contribution in [0.2, 0.25) is 0 Å². The zero-order valence-corrected chi connectivity index (χ0v) is 14.5. The van der Waals surface area contributed by atoms with Crippen LogP contribution in [-0.2, 0) is 14.4 Å². The summed E-state index contributed by atoms with van der Waals surface area (Å²) < 4.78 is 0. The highest BCUT2D eigenvalue weighted by Crippen LogP contribution is 2.41. The molecule has 0 fully saturated rings. The number of carbonyl (C=O) groups excluding carboxylic acids is 3. The average molecular weight is 322 g/mol. The van der Waals surface area contributed by atoms with E-state index in [1.54, 1.807) is 6.08 Å². The largest absolute Gasteiger partial charge is 0.508 e. The van der Waals surface area contributed by atoms with Crippen LogP contribution in [0.15, 0.2) is 23.0 Å². The molecule has 0 aromatic heterocycles. The number of allylic oxidation sites excluding steroid dienone is 3. The van der Waals surface area contributed by atoms with Crippen molar-refractivity contribution < 1.29 is 24.6 Å². The summed E-state index contributed by atoms with van der Waals surface area (Å²) in [5.74, 6) is -3.53. The zero-order valence-electron chi connectivity index (χ0n) is 14.5. The van der Waals surface area contributed by atoms with Crippen LogP contribution in [-0.4, -0.2) is 33.2 Å². The minimum absolute atomic E-state index is 0.0977. The smallest absolute Gasteiger partial charge is 0.191 e. The van der Waals surface area contributed by atoms with Crippen LogP contribution in [0.5, 0.6) is 0 Å². The van der Waals surface area contributed by atoms with Gasteiger partial charge in [0.05, 0.1) is 5.92 Å². The summed E-state index contributed by atoms with van der Waals surface area (Å²) in [6, 6.07) is 0. The van der Waals surface area contributed by atoms with Crippen molar-refractivity contribution in [3.05, 3.63) is 23.0 Å².